The van der Waals surface area contributed by atoms with Crippen LogP contribution in [0.3, 0.4) is 0 Å². The molecular formula is C23H24N2O2. The lowest BCUT2D eigenvalue weighted by Crippen LogP contribution is -2.24. The smallest absolute Gasteiger partial charge is 0.251 e. The molecule has 0 aliphatic carbocycles. The van der Waals surface area contributed by atoms with E-state index in [1.807, 2.05) is 42.5 Å². The van der Waals surface area contributed by atoms with Crippen molar-refractivity contribution in [3.05, 3.63) is 77.9 Å². The van der Waals surface area contributed by atoms with Crippen LogP contribution < -0.4 is 10.6 Å². The normalized spacial score (nSPS) is 10.6. The van der Waals surface area contributed by atoms with E-state index in [0.717, 1.165) is 29.2 Å². The fraction of sp³-hybridized carbons (Fsp3) is 0.217. The molecule has 0 saturated carbocycles. The molecule has 0 aliphatic heterocycles. The van der Waals surface area contributed by atoms with Crippen molar-refractivity contribution in [3.8, 4) is 0 Å². The lowest BCUT2D eigenvalue weighted by molar-refractivity contribution is -0.115. The second-order valence-corrected chi connectivity index (χ2v) is 6.55. The highest BCUT2D eigenvalue weighted by Gasteiger charge is 2.09. The highest BCUT2D eigenvalue weighted by molar-refractivity contribution is 5.97. The molecule has 3 aromatic rings. The molecule has 3 aromatic carbocycles. The third-order valence-corrected chi connectivity index (χ3v) is 4.48. The Morgan fingerprint density at radius 1 is 0.889 bits per heavy atom. The summed E-state index contributed by atoms with van der Waals surface area (Å²) >= 11 is 0. The van der Waals surface area contributed by atoms with E-state index >= 15 is 0 Å². The first kappa shape index (κ1) is 18.6. The van der Waals surface area contributed by atoms with Gasteiger partial charge in [-0.1, -0.05) is 55.8 Å². The fourth-order valence-electron chi connectivity index (χ4n) is 3.01. The molecular weight excluding hydrogens is 336 g/mol. The number of amides is 2. The third kappa shape index (κ3) is 4.94. The van der Waals surface area contributed by atoms with Crippen molar-refractivity contribution >= 4 is 28.3 Å². The number of carbonyl (C=O) groups is 2. The molecule has 0 bridgehead atoms. The van der Waals surface area contributed by atoms with E-state index in [9.17, 15) is 9.59 Å². The number of nitrogens with one attached hydrogen (secondary N) is 2. The topological polar surface area (TPSA) is 58.2 Å². The summed E-state index contributed by atoms with van der Waals surface area (Å²) in [7, 11) is 0. The zero-order chi connectivity index (χ0) is 19.1. The van der Waals surface area contributed by atoms with Crippen LogP contribution in [0.25, 0.3) is 10.8 Å². The molecule has 0 heterocycles. The van der Waals surface area contributed by atoms with Crippen LogP contribution in [0.1, 0.15) is 35.7 Å². The average molecular weight is 360 g/mol. The van der Waals surface area contributed by atoms with Gasteiger partial charge in [0.1, 0.15) is 0 Å². The Balaban J connectivity index is 1.61. The van der Waals surface area contributed by atoms with E-state index in [0.29, 0.717) is 24.2 Å². The summed E-state index contributed by atoms with van der Waals surface area (Å²) in [5.74, 6) is -0.163. The fourth-order valence-corrected chi connectivity index (χ4v) is 3.01. The highest BCUT2D eigenvalue weighted by Crippen LogP contribution is 2.19. The first-order valence-corrected chi connectivity index (χ1v) is 9.32. The molecule has 0 saturated heterocycles. The van der Waals surface area contributed by atoms with Crippen molar-refractivity contribution in [1.29, 1.82) is 0 Å². The summed E-state index contributed by atoms with van der Waals surface area (Å²) < 4.78 is 0. The van der Waals surface area contributed by atoms with Gasteiger partial charge in [0.2, 0.25) is 5.91 Å². The van der Waals surface area contributed by atoms with Crippen LogP contribution in [0.5, 0.6) is 0 Å². The molecule has 27 heavy (non-hydrogen) atoms. The Labute approximate surface area is 159 Å². The number of carbonyl (C=O) groups excluding carboxylic acids is 2. The molecule has 138 valence electrons. The number of fused-ring (bicyclic) bond motifs is 1. The predicted molar refractivity (Wildman–Crippen MR) is 110 cm³/mol. The standard InChI is InChI=1S/C23H24N2O2/c1-2-3-15-24-23(27)18-11-13-20(14-12-18)25-22(26)16-19-9-6-8-17-7-4-5-10-21(17)19/h4-14H,2-3,15-16H2,1H3,(H,24,27)(H,25,26). The molecule has 0 unspecified atom stereocenters. The van der Waals surface area contributed by atoms with E-state index in [1.54, 1.807) is 24.3 Å². The second-order valence-electron chi connectivity index (χ2n) is 6.55. The summed E-state index contributed by atoms with van der Waals surface area (Å²) in [6.45, 7) is 2.76. The highest BCUT2D eigenvalue weighted by atomic mass is 16.2. The first-order chi connectivity index (χ1) is 13.2. The minimum atomic E-state index is -0.0860. The van der Waals surface area contributed by atoms with E-state index < -0.39 is 0 Å². The summed E-state index contributed by atoms with van der Waals surface area (Å²) in [5.41, 5.74) is 2.28. The van der Waals surface area contributed by atoms with Gasteiger partial charge >= 0.3 is 0 Å². The second kappa shape index (κ2) is 8.99. The molecule has 0 spiro atoms. The van der Waals surface area contributed by atoms with Gasteiger partial charge in [-0.2, -0.15) is 0 Å². The van der Waals surface area contributed by atoms with Crippen LogP contribution >= 0.6 is 0 Å². The van der Waals surface area contributed by atoms with Crippen molar-refractivity contribution in [2.24, 2.45) is 0 Å². The van der Waals surface area contributed by atoms with Crippen LogP contribution in [-0.4, -0.2) is 18.4 Å². The maximum Gasteiger partial charge on any atom is 0.251 e. The SMILES string of the molecule is CCCCNC(=O)c1ccc(NC(=O)Cc2cccc3ccccc23)cc1. The van der Waals surface area contributed by atoms with Gasteiger partial charge in [-0.3, -0.25) is 9.59 Å². The van der Waals surface area contributed by atoms with Gasteiger partial charge in [-0.25, -0.2) is 0 Å². The van der Waals surface area contributed by atoms with Crippen molar-refractivity contribution < 1.29 is 9.59 Å². The summed E-state index contributed by atoms with van der Waals surface area (Å²) in [5, 5.41) is 8.00. The van der Waals surface area contributed by atoms with Gasteiger partial charge in [0, 0.05) is 17.8 Å². The Morgan fingerprint density at radius 3 is 2.41 bits per heavy atom. The number of hydrogen-bond donors (Lipinski definition) is 2. The van der Waals surface area contributed by atoms with Crippen LogP contribution in [0, 0.1) is 0 Å². The van der Waals surface area contributed by atoms with Gasteiger partial charge in [0.25, 0.3) is 5.91 Å². The monoisotopic (exact) mass is 360 g/mol. The number of unbranched alkanes of at least 4 members (excludes halogenated alkanes) is 1. The van der Waals surface area contributed by atoms with E-state index in [2.05, 4.69) is 17.6 Å². The van der Waals surface area contributed by atoms with Crippen molar-refractivity contribution in [1.82, 2.24) is 5.32 Å². The van der Waals surface area contributed by atoms with Crippen LogP contribution in [0.2, 0.25) is 0 Å². The number of hydrogen-bond acceptors (Lipinski definition) is 2. The number of rotatable bonds is 7. The van der Waals surface area contributed by atoms with Gasteiger partial charge in [0.05, 0.1) is 6.42 Å². The van der Waals surface area contributed by atoms with Crippen LogP contribution in [0.4, 0.5) is 5.69 Å². The minimum absolute atomic E-state index is 0.0773. The lowest BCUT2D eigenvalue weighted by Gasteiger charge is -2.09. The quantitative estimate of drug-likeness (QED) is 0.607. The Bertz CT molecular complexity index is 927. The lowest BCUT2D eigenvalue weighted by atomic mass is 10.0. The molecule has 0 aliphatic rings. The van der Waals surface area contributed by atoms with Crippen molar-refractivity contribution in [2.75, 3.05) is 11.9 Å². The third-order valence-electron chi connectivity index (χ3n) is 4.48. The zero-order valence-corrected chi connectivity index (χ0v) is 15.5. The largest absolute Gasteiger partial charge is 0.352 e. The van der Waals surface area contributed by atoms with Gasteiger partial charge in [-0.05, 0) is 47.0 Å². The summed E-state index contributed by atoms with van der Waals surface area (Å²) in [6.07, 6.45) is 2.32. The summed E-state index contributed by atoms with van der Waals surface area (Å²) in [6, 6.07) is 21.0. The molecule has 3 rings (SSSR count). The van der Waals surface area contributed by atoms with Crippen LogP contribution in [0.15, 0.2) is 66.7 Å². The molecule has 4 heteroatoms. The maximum absolute atomic E-state index is 12.4. The van der Waals surface area contributed by atoms with E-state index in [-0.39, 0.29) is 11.8 Å². The molecule has 2 N–H and O–H groups in total. The van der Waals surface area contributed by atoms with Gasteiger partial charge in [0.15, 0.2) is 0 Å². The van der Waals surface area contributed by atoms with Gasteiger partial charge < -0.3 is 10.6 Å². The van der Waals surface area contributed by atoms with Crippen molar-refractivity contribution in [3.63, 3.8) is 0 Å². The molecule has 4 nitrogen and oxygen atoms in total. The molecule has 0 atom stereocenters. The molecule has 0 fully saturated rings. The van der Waals surface area contributed by atoms with E-state index in [1.165, 1.54) is 0 Å². The maximum atomic E-state index is 12.4. The van der Waals surface area contributed by atoms with E-state index in [4.69, 9.17) is 0 Å². The minimum Gasteiger partial charge on any atom is -0.352 e. The predicted octanol–water partition coefficient (Wildman–Crippen LogP) is 4.55. The first-order valence-electron chi connectivity index (χ1n) is 9.32. The van der Waals surface area contributed by atoms with Gasteiger partial charge in [-0.15, -0.1) is 0 Å². The molecule has 0 radical (unpaired) electrons. The molecule has 0 aromatic heterocycles. The molecule has 2 amide bonds. The van der Waals surface area contributed by atoms with Crippen molar-refractivity contribution in [2.45, 2.75) is 26.2 Å². The zero-order valence-electron chi connectivity index (χ0n) is 15.5. The number of benzene rings is 3. The number of anilines is 1. The summed E-state index contributed by atoms with van der Waals surface area (Å²) in [4.78, 5) is 24.4. The Hall–Kier alpha value is -3.14. The van der Waals surface area contributed by atoms with Crippen LogP contribution in [-0.2, 0) is 11.2 Å². The Kier molecular flexibility index (Phi) is 6.21. The average Bonchev–Trinajstić information content (AvgIpc) is 2.69. The Morgan fingerprint density at radius 2 is 1.63 bits per heavy atom.